The Bertz CT molecular complexity index is 2160. The van der Waals surface area contributed by atoms with E-state index >= 15 is 0 Å². The number of sulfonamides is 1. The second-order valence-electron chi connectivity index (χ2n) is 18.1. The van der Waals surface area contributed by atoms with Gasteiger partial charge in [0.2, 0.25) is 21.8 Å². The molecule has 4 heterocycles. The fourth-order valence-electron chi connectivity index (χ4n) is 9.75. The lowest BCUT2D eigenvalue weighted by Crippen LogP contribution is -2.48. The van der Waals surface area contributed by atoms with Gasteiger partial charge in [-0.2, -0.15) is 13.2 Å². The van der Waals surface area contributed by atoms with E-state index in [1.54, 1.807) is 25.1 Å². The quantitative estimate of drug-likeness (QED) is 0.236. The number of ether oxygens (including phenoxy) is 2. The molecule has 5 atom stereocenters. The highest BCUT2D eigenvalue weighted by molar-refractivity contribution is 7.91. The first kappa shape index (κ1) is 40.8. The Kier molecular flexibility index (Phi) is 10.5. The number of hydrogen-bond donors (Lipinski definition) is 1. The first-order chi connectivity index (χ1) is 27.4. The van der Waals surface area contributed by atoms with Gasteiger partial charge in [0.25, 0.3) is 0 Å². The summed E-state index contributed by atoms with van der Waals surface area (Å²) in [6, 6.07) is 3.82. The first-order valence-electron chi connectivity index (χ1n) is 20.9. The molecule has 1 N–H and O–H groups in total. The number of amides is 2. The maximum absolute atomic E-state index is 14.9. The summed E-state index contributed by atoms with van der Waals surface area (Å²) in [4.78, 5) is 62.4. The van der Waals surface area contributed by atoms with E-state index in [4.69, 9.17) is 9.47 Å². The Hall–Kier alpha value is -4.01. The third-order valence-electron chi connectivity index (χ3n) is 13.7. The Morgan fingerprint density at radius 1 is 1.03 bits per heavy atom. The Labute approximate surface area is 336 Å². The molecule has 0 bridgehead atoms. The van der Waals surface area contributed by atoms with Crippen molar-refractivity contribution in [1.29, 1.82) is 0 Å². The van der Waals surface area contributed by atoms with Crippen LogP contribution in [0.4, 0.5) is 13.2 Å². The van der Waals surface area contributed by atoms with Crippen LogP contribution in [0.5, 0.6) is 5.75 Å². The summed E-state index contributed by atoms with van der Waals surface area (Å²) in [5.74, 6) is -3.96. The van der Waals surface area contributed by atoms with E-state index in [0.717, 1.165) is 44.1 Å². The normalized spacial score (nSPS) is 30.7. The van der Waals surface area contributed by atoms with Crippen LogP contribution in [0.2, 0.25) is 0 Å². The molecule has 4 fully saturated rings. The van der Waals surface area contributed by atoms with Crippen molar-refractivity contribution in [3.05, 3.63) is 47.2 Å². The predicted molar refractivity (Wildman–Crippen MR) is 207 cm³/mol. The summed E-state index contributed by atoms with van der Waals surface area (Å²) in [5.41, 5.74) is -2.60. The van der Waals surface area contributed by atoms with Crippen LogP contribution in [0.15, 0.2) is 30.4 Å². The van der Waals surface area contributed by atoms with Gasteiger partial charge in [-0.05, 0) is 109 Å². The minimum absolute atomic E-state index is 0.145. The molecule has 1 spiro atoms. The summed E-state index contributed by atoms with van der Waals surface area (Å²) >= 11 is 0. The summed E-state index contributed by atoms with van der Waals surface area (Å²) in [7, 11) is -4.03. The smallest absolute Gasteiger partial charge is 0.437 e. The van der Waals surface area contributed by atoms with Crippen LogP contribution >= 0.6 is 0 Å². The lowest BCUT2D eigenvalue weighted by atomic mass is 9.85. The number of carbonyl (C=O) groups is 4. The van der Waals surface area contributed by atoms with Crippen molar-refractivity contribution >= 4 is 44.5 Å². The second kappa shape index (κ2) is 14.9. The zero-order valence-corrected chi connectivity index (χ0v) is 33.9. The number of allylic oxidation sites excluding steroid dienone is 2. The van der Waals surface area contributed by atoms with Crippen molar-refractivity contribution in [2.24, 2.45) is 17.3 Å². The number of hydrogen-bond acceptors (Lipinski definition) is 9. The van der Waals surface area contributed by atoms with E-state index < -0.39 is 84.9 Å². The number of alkyl halides is 3. The third kappa shape index (κ3) is 7.76. The number of aryl methyl sites for hydroxylation is 2. The van der Waals surface area contributed by atoms with E-state index in [1.807, 2.05) is 19.1 Å². The Morgan fingerprint density at radius 2 is 1.78 bits per heavy atom. The molecule has 1 aromatic carbocycles. The topological polar surface area (TPSA) is 149 Å². The van der Waals surface area contributed by atoms with E-state index in [2.05, 4.69) is 9.71 Å². The van der Waals surface area contributed by atoms with E-state index in [1.165, 1.54) is 4.90 Å². The van der Waals surface area contributed by atoms with Crippen LogP contribution in [0.1, 0.15) is 126 Å². The standard InChI is InChI=1S/C43H52F3N3O8S/c1-26-14-15-32-31(20-26)30-16-17-41(57-36(30)37(47-32)43(44,45)46)23-33-34(50)24-42(39(53)48-58(54,55)40(2)18-19-40)22-28(42)11-7-5-3-4-6-10-27(38(52)49(33)25-41)21-35(51)56-29-12-8-9-13-29/h7,11,14-15,20,27-29,33H,3-6,8-10,12-13,16-19,21-25H2,1-2H3,(H,48,53)/b11-7-/t27-,28-,33+,41-,42-/m1/s1. The molecule has 3 aliphatic carbocycles. The number of pyridine rings is 1. The lowest BCUT2D eigenvalue weighted by molar-refractivity contribution is -0.154. The second-order valence-corrected chi connectivity index (χ2v) is 20.3. The number of nitrogens with one attached hydrogen (secondary N) is 1. The molecule has 15 heteroatoms. The van der Waals surface area contributed by atoms with Crippen molar-refractivity contribution in [1.82, 2.24) is 14.6 Å². The summed E-state index contributed by atoms with van der Waals surface area (Å²) in [6.45, 7) is 3.19. The maximum atomic E-state index is 14.9. The van der Waals surface area contributed by atoms with Crippen molar-refractivity contribution in [2.45, 2.75) is 152 Å². The molecule has 8 rings (SSSR count). The highest BCUT2D eigenvalue weighted by atomic mass is 32.2. The van der Waals surface area contributed by atoms with Crippen molar-refractivity contribution in [3.8, 4) is 5.75 Å². The summed E-state index contributed by atoms with van der Waals surface area (Å²) in [5, 5.41) is 0.537. The average Bonchev–Trinajstić information content (AvgIpc) is 3.96. The molecule has 1 aromatic heterocycles. The third-order valence-corrected chi connectivity index (χ3v) is 15.9. The lowest BCUT2D eigenvalue weighted by Gasteiger charge is -2.37. The van der Waals surface area contributed by atoms with Crippen molar-refractivity contribution < 1.29 is 50.2 Å². The van der Waals surface area contributed by atoms with Crippen LogP contribution in [-0.4, -0.2) is 70.9 Å². The minimum atomic E-state index is -4.87. The molecule has 3 saturated carbocycles. The zero-order chi connectivity index (χ0) is 41.3. The zero-order valence-electron chi connectivity index (χ0n) is 33.1. The maximum Gasteiger partial charge on any atom is 0.437 e. The van der Waals surface area contributed by atoms with Crippen molar-refractivity contribution in [3.63, 3.8) is 0 Å². The predicted octanol–water partition coefficient (Wildman–Crippen LogP) is 7.20. The molecular weight excluding hydrogens is 776 g/mol. The number of nitrogens with zero attached hydrogens (tertiary/aromatic N) is 2. The van der Waals surface area contributed by atoms with Gasteiger partial charge in [0.1, 0.15) is 11.7 Å². The van der Waals surface area contributed by atoms with E-state index in [-0.39, 0.29) is 56.7 Å². The molecule has 1 saturated heterocycles. The molecule has 314 valence electrons. The summed E-state index contributed by atoms with van der Waals surface area (Å²) < 4.78 is 84.1. The highest BCUT2D eigenvalue weighted by Gasteiger charge is 2.63. The number of ketones is 1. The fourth-order valence-corrected chi connectivity index (χ4v) is 11.1. The van der Waals surface area contributed by atoms with Crippen LogP contribution in [0, 0.1) is 24.2 Å². The number of aromatic nitrogens is 1. The molecule has 6 aliphatic rings. The largest absolute Gasteiger partial charge is 0.483 e. The SMILES string of the molecule is Cc1ccc2nc(C(F)(F)F)c3c(c2c1)CC[C@]1(C[C@H]2C(=O)C[C@]4(C(=O)NS(=O)(=O)C5(C)CC5)C[C@H]4/C=C\CCCCC[C@H](CC(=O)OC4CCCC4)C(=O)N2C1)O3. The number of esters is 1. The molecule has 3 aliphatic heterocycles. The minimum Gasteiger partial charge on any atom is -0.483 e. The molecule has 0 radical (unpaired) electrons. The first-order valence-corrected chi connectivity index (χ1v) is 22.4. The number of halogens is 3. The highest BCUT2D eigenvalue weighted by Crippen LogP contribution is 2.58. The van der Waals surface area contributed by atoms with Crippen LogP contribution in [-0.2, 0) is 46.5 Å². The van der Waals surface area contributed by atoms with Gasteiger partial charge in [-0.1, -0.05) is 36.6 Å². The van der Waals surface area contributed by atoms with Gasteiger partial charge in [0.05, 0.1) is 34.7 Å². The Morgan fingerprint density at radius 3 is 2.50 bits per heavy atom. The van der Waals surface area contributed by atoms with Crippen LogP contribution in [0.25, 0.3) is 10.9 Å². The van der Waals surface area contributed by atoms with Crippen LogP contribution in [0.3, 0.4) is 0 Å². The van der Waals surface area contributed by atoms with Gasteiger partial charge < -0.3 is 14.4 Å². The average molecular weight is 828 g/mol. The van der Waals surface area contributed by atoms with Gasteiger partial charge >= 0.3 is 12.1 Å². The number of Topliss-reactive ketones (excluding diaryl/α,β-unsaturated/α-hetero) is 1. The Balaban J connectivity index is 1.15. The fraction of sp³-hybridized carbons (Fsp3) is 0.651. The number of carbonyl (C=O) groups excluding carboxylic acids is 4. The number of rotatable bonds is 6. The molecule has 2 aromatic rings. The van der Waals surface area contributed by atoms with Gasteiger partial charge in [0, 0.05) is 29.7 Å². The molecule has 2 amide bonds. The van der Waals surface area contributed by atoms with Gasteiger partial charge in [-0.15, -0.1) is 0 Å². The summed E-state index contributed by atoms with van der Waals surface area (Å²) in [6.07, 6.45) is 5.96. The van der Waals surface area contributed by atoms with E-state index in [9.17, 15) is 40.8 Å². The van der Waals surface area contributed by atoms with Crippen LogP contribution < -0.4 is 9.46 Å². The molecule has 58 heavy (non-hydrogen) atoms. The molecule has 0 unspecified atom stereocenters. The van der Waals surface area contributed by atoms with Gasteiger partial charge in [0.15, 0.2) is 17.2 Å². The van der Waals surface area contributed by atoms with Gasteiger partial charge in [-0.25, -0.2) is 13.4 Å². The van der Waals surface area contributed by atoms with Crippen molar-refractivity contribution in [2.75, 3.05) is 6.54 Å². The number of benzene rings is 1. The molecule has 11 nitrogen and oxygen atoms in total. The monoisotopic (exact) mass is 827 g/mol. The number of fused-ring (bicyclic) bond motifs is 5. The molecular formula is C43H52F3N3O8S. The van der Waals surface area contributed by atoms with E-state index in [0.29, 0.717) is 43.1 Å². The van der Waals surface area contributed by atoms with Gasteiger partial charge in [-0.3, -0.25) is 23.9 Å².